The van der Waals surface area contributed by atoms with Crippen molar-refractivity contribution in [1.82, 2.24) is 20.0 Å². The van der Waals surface area contributed by atoms with Crippen LogP contribution in [-0.2, 0) is 16.6 Å². The molecule has 1 saturated heterocycles. The zero-order valence-electron chi connectivity index (χ0n) is 10.4. The Labute approximate surface area is 107 Å². The van der Waals surface area contributed by atoms with Crippen LogP contribution >= 0.6 is 0 Å². The highest BCUT2D eigenvalue weighted by atomic mass is 32.2. The Kier molecular flexibility index (Phi) is 4.26. The molecular weight excluding hydrogens is 252 g/mol. The van der Waals surface area contributed by atoms with Gasteiger partial charge in [0.25, 0.3) is 0 Å². The fraction of sp³-hybridized carbons (Fsp3) is 0.636. The molecule has 7 heteroatoms. The number of nitrogens with zero attached hydrogens (tertiary/aromatic N) is 2. The summed E-state index contributed by atoms with van der Waals surface area (Å²) in [5, 5.41) is 2.76. The first-order chi connectivity index (χ1) is 8.58. The molecule has 0 radical (unpaired) electrons. The summed E-state index contributed by atoms with van der Waals surface area (Å²) >= 11 is 0. The molecule has 18 heavy (non-hydrogen) atoms. The molecule has 100 valence electrons. The zero-order valence-corrected chi connectivity index (χ0v) is 11.2. The lowest BCUT2D eigenvalue weighted by Crippen LogP contribution is -2.44. The summed E-state index contributed by atoms with van der Waals surface area (Å²) in [5.74, 6) is 0.644. The van der Waals surface area contributed by atoms with Crippen LogP contribution < -0.4 is 10.0 Å². The van der Waals surface area contributed by atoms with E-state index in [0.717, 1.165) is 13.0 Å². The van der Waals surface area contributed by atoms with Crippen molar-refractivity contribution in [2.24, 2.45) is 0 Å². The summed E-state index contributed by atoms with van der Waals surface area (Å²) < 4.78 is 26.7. The lowest BCUT2D eigenvalue weighted by atomic mass is 10.2. The highest BCUT2D eigenvalue weighted by Crippen LogP contribution is 2.10. The smallest absolute Gasteiger partial charge is 0.216 e. The molecule has 0 saturated carbocycles. The quantitative estimate of drug-likeness (QED) is 0.802. The predicted octanol–water partition coefficient (Wildman–Crippen LogP) is -0.0436. The van der Waals surface area contributed by atoms with Gasteiger partial charge in [-0.1, -0.05) is 0 Å². The van der Waals surface area contributed by atoms with E-state index >= 15 is 0 Å². The molecule has 0 aromatic carbocycles. The van der Waals surface area contributed by atoms with Gasteiger partial charge in [0, 0.05) is 12.7 Å². The summed E-state index contributed by atoms with van der Waals surface area (Å²) in [4.78, 5) is 8.14. The van der Waals surface area contributed by atoms with E-state index in [-0.39, 0.29) is 11.8 Å². The SMILES string of the molecule is Cc1nccc(CNS(=O)(=O)C2CCCNC2)n1. The summed E-state index contributed by atoms with van der Waals surface area (Å²) in [5.41, 5.74) is 0.690. The molecule has 1 aromatic heterocycles. The Morgan fingerprint density at radius 1 is 1.56 bits per heavy atom. The van der Waals surface area contributed by atoms with Crippen molar-refractivity contribution in [3.05, 3.63) is 23.8 Å². The number of aryl methyl sites for hydroxylation is 1. The van der Waals surface area contributed by atoms with Crippen molar-refractivity contribution >= 4 is 10.0 Å². The van der Waals surface area contributed by atoms with E-state index in [1.165, 1.54) is 0 Å². The maximum absolute atomic E-state index is 12.0. The summed E-state index contributed by atoms with van der Waals surface area (Å²) in [7, 11) is -3.27. The van der Waals surface area contributed by atoms with Crippen LogP contribution in [0.4, 0.5) is 0 Å². The van der Waals surface area contributed by atoms with Gasteiger partial charge in [0.05, 0.1) is 17.5 Å². The average Bonchev–Trinajstić information content (AvgIpc) is 2.38. The molecule has 1 unspecified atom stereocenters. The molecule has 1 aromatic rings. The first-order valence-corrected chi connectivity index (χ1v) is 7.60. The number of nitrogens with one attached hydrogen (secondary N) is 2. The van der Waals surface area contributed by atoms with Crippen LogP contribution in [0.5, 0.6) is 0 Å². The maximum Gasteiger partial charge on any atom is 0.216 e. The summed E-state index contributed by atoms with van der Waals surface area (Å²) in [6.45, 7) is 3.43. The van der Waals surface area contributed by atoms with Gasteiger partial charge in [-0.05, 0) is 32.4 Å². The Hall–Kier alpha value is -1.05. The Bertz CT molecular complexity index is 498. The van der Waals surface area contributed by atoms with E-state index in [4.69, 9.17) is 0 Å². The van der Waals surface area contributed by atoms with Crippen LogP contribution in [0, 0.1) is 6.92 Å². The van der Waals surface area contributed by atoms with E-state index in [1.807, 2.05) is 0 Å². The minimum atomic E-state index is -3.27. The normalized spacial score (nSPS) is 20.8. The monoisotopic (exact) mass is 270 g/mol. The van der Waals surface area contributed by atoms with Gasteiger partial charge in [-0.25, -0.2) is 23.1 Å². The molecular formula is C11H18N4O2S. The van der Waals surface area contributed by atoms with Crippen molar-refractivity contribution in [1.29, 1.82) is 0 Å². The minimum Gasteiger partial charge on any atom is -0.315 e. The van der Waals surface area contributed by atoms with E-state index in [1.54, 1.807) is 19.2 Å². The van der Waals surface area contributed by atoms with Crippen molar-refractivity contribution in [2.45, 2.75) is 31.6 Å². The van der Waals surface area contributed by atoms with Crippen molar-refractivity contribution in [2.75, 3.05) is 13.1 Å². The number of rotatable bonds is 4. The van der Waals surface area contributed by atoms with Gasteiger partial charge < -0.3 is 5.32 Å². The maximum atomic E-state index is 12.0. The second-order valence-corrected chi connectivity index (χ2v) is 6.48. The minimum absolute atomic E-state index is 0.224. The van der Waals surface area contributed by atoms with E-state index < -0.39 is 10.0 Å². The molecule has 6 nitrogen and oxygen atoms in total. The number of aromatic nitrogens is 2. The Morgan fingerprint density at radius 3 is 3.06 bits per heavy atom. The fourth-order valence-corrected chi connectivity index (χ4v) is 3.38. The van der Waals surface area contributed by atoms with Crippen molar-refractivity contribution < 1.29 is 8.42 Å². The molecule has 2 N–H and O–H groups in total. The third-order valence-corrected chi connectivity index (χ3v) is 4.81. The number of hydrogen-bond donors (Lipinski definition) is 2. The van der Waals surface area contributed by atoms with Crippen LogP contribution in [0.2, 0.25) is 0 Å². The van der Waals surface area contributed by atoms with Crippen LogP contribution in [0.3, 0.4) is 0 Å². The molecule has 1 fully saturated rings. The van der Waals surface area contributed by atoms with E-state index in [9.17, 15) is 8.42 Å². The third kappa shape index (κ3) is 3.47. The van der Waals surface area contributed by atoms with Gasteiger partial charge in [0.2, 0.25) is 10.0 Å². The van der Waals surface area contributed by atoms with Crippen LogP contribution in [0.15, 0.2) is 12.3 Å². The molecule has 1 aliphatic rings. The number of sulfonamides is 1. The average molecular weight is 270 g/mol. The van der Waals surface area contributed by atoms with Gasteiger partial charge in [-0.15, -0.1) is 0 Å². The topological polar surface area (TPSA) is 84.0 Å². The molecule has 0 bridgehead atoms. The zero-order chi connectivity index (χ0) is 13.0. The van der Waals surface area contributed by atoms with Crippen molar-refractivity contribution in [3.8, 4) is 0 Å². The van der Waals surface area contributed by atoms with Gasteiger partial charge in [0.15, 0.2) is 0 Å². The Morgan fingerprint density at radius 2 is 2.39 bits per heavy atom. The van der Waals surface area contributed by atoms with E-state index in [0.29, 0.717) is 24.5 Å². The van der Waals surface area contributed by atoms with Crippen molar-refractivity contribution in [3.63, 3.8) is 0 Å². The van der Waals surface area contributed by atoms with Gasteiger partial charge >= 0.3 is 0 Å². The van der Waals surface area contributed by atoms with Crippen LogP contribution in [0.1, 0.15) is 24.4 Å². The molecule has 1 aliphatic heterocycles. The van der Waals surface area contributed by atoms with E-state index in [2.05, 4.69) is 20.0 Å². The molecule has 1 atom stereocenters. The molecule has 2 heterocycles. The number of hydrogen-bond acceptors (Lipinski definition) is 5. The summed E-state index contributed by atoms with van der Waals surface area (Å²) in [6.07, 6.45) is 3.25. The highest BCUT2D eigenvalue weighted by molar-refractivity contribution is 7.90. The largest absolute Gasteiger partial charge is 0.315 e. The lowest BCUT2D eigenvalue weighted by Gasteiger charge is -2.22. The highest BCUT2D eigenvalue weighted by Gasteiger charge is 2.26. The number of piperidine rings is 1. The third-order valence-electron chi connectivity index (χ3n) is 2.98. The predicted molar refractivity (Wildman–Crippen MR) is 68.4 cm³/mol. The first kappa shape index (κ1) is 13.4. The first-order valence-electron chi connectivity index (χ1n) is 6.05. The second kappa shape index (κ2) is 5.73. The molecule has 0 spiro atoms. The second-order valence-electron chi connectivity index (χ2n) is 4.43. The lowest BCUT2D eigenvalue weighted by molar-refractivity contribution is 0.489. The molecule has 2 rings (SSSR count). The van der Waals surface area contributed by atoms with Gasteiger partial charge in [-0.2, -0.15) is 0 Å². The van der Waals surface area contributed by atoms with Crippen LogP contribution in [0.25, 0.3) is 0 Å². The van der Waals surface area contributed by atoms with Crippen LogP contribution in [-0.4, -0.2) is 36.7 Å². The van der Waals surface area contributed by atoms with Gasteiger partial charge in [-0.3, -0.25) is 0 Å². The van der Waals surface area contributed by atoms with Gasteiger partial charge in [0.1, 0.15) is 5.82 Å². The standard InChI is InChI=1S/C11H18N4O2S/c1-9-13-6-4-10(15-9)7-14-18(16,17)11-3-2-5-12-8-11/h4,6,11-12,14H,2-3,5,7-8H2,1H3. The molecule has 0 amide bonds. The summed E-state index contributed by atoms with van der Waals surface area (Å²) in [6, 6.07) is 1.72. The molecule has 0 aliphatic carbocycles. The Balaban J connectivity index is 1.96. The fourth-order valence-electron chi connectivity index (χ4n) is 1.98.